The smallest absolute Gasteiger partial charge is 0.315 e. The molecular formula is C30H42N6O2. The van der Waals surface area contributed by atoms with E-state index in [0.717, 1.165) is 31.4 Å². The van der Waals surface area contributed by atoms with Gasteiger partial charge in [0.05, 0.1) is 17.8 Å². The number of benzene rings is 2. The van der Waals surface area contributed by atoms with E-state index in [9.17, 15) is 4.79 Å². The van der Waals surface area contributed by atoms with Gasteiger partial charge in [-0.2, -0.15) is 0 Å². The molecule has 38 heavy (non-hydrogen) atoms. The van der Waals surface area contributed by atoms with Gasteiger partial charge < -0.3 is 26.4 Å². The summed E-state index contributed by atoms with van der Waals surface area (Å²) in [6.07, 6.45) is 7.13. The van der Waals surface area contributed by atoms with Crippen molar-refractivity contribution in [3.8, 4) is 11.5 Å². The molecule has 1 aliphatic carbocycles. The summed E-state index contributed by atoms with van der Waals surface area (Å²) < 4.78 is 5.84. The molecule has 0 heterocycles. The maximum absolute atomic E-state index is 12.1. The molecule has 0 aromatic heterocycles. The van der Waals surface area contributed by atoms with Gasteiger partial charge in [0.15, 0.2) is 0 Å². The van der Waals surface area contributed by atoms with E-state index in [2.05, 4.69) is 41.4 Å². The predicted molar refractivity (Wildman–Crippen MR) is 157 cm³/mol. The number of carbonyl (C=O) groups excluding carboxylic acids is 1. The van der Waals surface area contributed by atoms with Crippen LogP contribution in [0.3, 0.4) is 0 Å². The van der Waals surface area contributed by atoms with Gasteiger partial charge in [-0.25, -0.2) is 4.79 Å². The van der Waals surface area contributed by atoms with E-state index in [1.54, 1.807) is 6.92 Å². The first-order chi connectivity index (χ1) is 18.4. The van der Waals surface area contributed by atoms with Crippen molar-refractivity contribution in [3.05, 3.63) is 84.2 Å². The number of hydrogen-bond acceptors (Lipinski definition) is 5. The highest BCUT2D eigenvalue weighted by Crippen LogP contribution is 2.22. The second-order valence-corrected chi connectivity index (χ2v) is 9.04. The maximum Gasteiger partial charge on any atom is 0.315 e. The molecule has 6 N–H and O–H groups in total. The summed E-state index contributed by atoms with van der Waals surface area (Å²) in [7, 11) is 0. The summed E-state index contributed by atoms with van der Waals surface area (Å²) in [6.45, 7) is 10.4. The van der Waals surface area contributed by atoms with E-state index in [4.69, 9.17) is 15.9 Å². The quantitative estimate of drug-likeness (QED) is 0.153. The summed E-state index contributed by atoms with van der Waals surface area (Å²) in [6, 6.07) is 16.8. The molecule has 204 valence electrons. The van der Waals surface area contributed by atoms with Gasteiger partial charge in [0.2, 0.25) is 0 Å². The van der Waals surface area contributed by atoms with Crippen LogP contribution in [0.1, 0.15) is 58.4 Å². The minimum atomic E-state index is -0.179. The molecule has 1 aliphatic rings. The maximum atomic E-state index is 12.1. The lowest BCUT2D eigenvalue weighted by atomic mass is 9.99. The number of carbonyl (C=O) groups is 1. The predicted octanol–water partition coefficient (Wildman–Crippen LogP) is 5.87. The second-order valence-electron chi connectivity index (χ2n) is 9.04. The van der Waals surface area contributed by atoms with Gasteiger partial charge in [0.25, 0.3) is 0 Å². The molecule has 2 aromatic rings. The van der Waals surface area contributed by atoms with Crippen molar-refractivity contribution in [2.75, 3.05) is 13.1 Å². The number of para-hydroxylation sites is 1. The average molecular weight is 519 g/mol. The van der Waals surface area contributed by atoms with Gasteiger partial charge >= 0.3 is 6.03 Å². The SMILES string of the molecule is C=CNC(=NCCNC(=O)NC1CCCC1)/C(C(=N)c1ccc(Oc2ccccc2)cc1)=C(\C)N.CCC. The largest absolute Gasteiger partial charge is 0.457 e. The van der Waals surface area contributed by atoms with E-state index in [-0.39, 0.29) is 17.8 Å². The van der Waals surface area contributed by atoms with Gasteiger partial charge in [0.1, 0.15) is 17.3 Å². The Hall–Kier alpha value is -4.07. The fourth-order valence-corrected chi connectivity index (χ4v) is 3.90. The van der Waals surface area contributed by atoms with Gasteiger partial charge in [0, 0.05) is 23.8 Å². The minimum absolute atomic E-state index is 0.179. The number of rotatable bonds is 10. The van der Waals surface area contributed by atoms with Gasteiger partial charge in [-0.15, -0.1) is 0 Å². The molecule has 0 saturated heterocycles. The number of amidine groups is 1. The summed E-state index contributed by atoms with van der Waals surface area (Å²) in [4.78, 5) is 16.6. The molecule has 8 heteroatoms. The van der Waals surface area contributed by atoms with Gasteiger partial charge in [-0.05, 0) is 62.4 Å². The Morgan fingerprint density at radius 1 is 1.11 bits per heavy atom. The molecule has 2 aromatic carbocycles. The van der Waals surface area contributed by atoms with Crippen LogP contribution in [0.4, 0.5) is 4.79 Å². The first-order valence-corrected chi connectivity index (χ1v) is 13.2. The Morgan fingerprint density at radius 3 is 2.29 bits per heavy atom. The molecule has 0 unspecified atom stereocenters. The van der Waals surface area contributed by atoms with Crippen LogP contribution in [0.5, 0.6) is 11.5 Å². The number of aliphatic imine (C=N–C) groups is 1. The first kappa shape index (κ1) is 30.2. The van der Waals surface area contributed by atoms with Crippen molar-refractivity contribution in [3.63, 3.8) is 0 Å². The molecule has 2 amide bonds. The van der Waals surface area contributed by atoms with Gasteiger partial charge in [-0.1, -0.05) is 57.9 Å². The number of nitrogens with two attached hydrogens (primary N) is 1. The van der Waals surface area contributed by atoms with Gasteiger partial charge in [-0.3, -0.25) is 10.4 Å². The van der Waals surface area contributed by atoms with Crippen LogP contribution >= 0.6 is 0 Å². The monoisotopic (exact) mass is 518 g/mol. The zero-order valence-electron chi connectivity index (χ0n) is 22.8. The van der Waals surface area contributed by atoms with Crippen LogP contribution in [0.15, 0.2) is 83.6 Å². The average Bonchev–Trinajstić information content (AvgIpc) is 3.41. The number of hydrogen-bond donors (Lipinski definition) is 5. The standard InChI is InChI=1S/C27H34N6O2.C3H8/c1-3-30-26(31-17-18-32-27(34)33-21-9-7-8-10-21)24(19(2)28)25(29)20-13-15-23(16-14-20)35-22-11-5-4-6-12-22;1-3-2/h3-6,11-16,21,29H,1,7-10,17-18,28H2,2H3,(H,30,31)(H2,32,33,34);3H2,1-2H3/b24-19+,29-25?;. The fourth-order valence-electron chi connectivity index (χ4n) is 3.90. The van der Waals surface area contributed by atoms with Crippen molar-refractivity contribution in [2.24, 2.45) is 10.7 Å². The molecule has 3 rings (SSSR count). The lowest BCUT2D eigenvalue weighted by Gasteiger charge is -2.16. The van der Waals surface area contributed by atoms with Crippen molar-refractivity contribution in [1.29, 1.82) is 5.41 Å². The number of nitrogens with zero attached hydrogens (tertiary/aromatic N) is 1. The molecule has 1 fully saturated rings. The van der Waals surface area contributed by atoms with Crippen LogP contribution in [-0.4, -0.2) is 36.7 Å². The zero-order valence-corrected chi connectivity index (χ0v) is 22.8. The third-order valence-electron chi connectivity index (χ3n) is 5.60. The van der Waals surface area contributed by atoms with E-state index in [1.807, 2.05) is 54.6 Å². The van der Waals surface area contributed by atoms with E-state index in [1.165, 1.54) is 12.6 Å². The molecule has 8 nitrogen and oxygen atoms in total. The Kier molecular flexibility index (Phi) is 13.2. The van der Waals surface area contributed by atoms with Crippen LogP contribution < -0.4 is 26.4 Å². The molecule has 0 spiro atoms. The molecule has 0 radical (unpaired) electrons. The summed E-state index contributed by atoms with van der Waals surface area (Å²) in [5, 5.41) is 17.6. The van der Waals surface area contributed by atoms with Crippen LogP contribution in [0.2, 0.25) is 0 Å². The molecular weight excluding hydrogens is 476 g/mol. The zero-order chi connectivity index (χ0) is 27.8. The van der Waals surface area contributed by atoms with Crippen LogP contribution in [0, 0.1) is 5.41 Å². The second kappa shape index (κ2) is 16.6. The number of amides is 2. The fraction of sp³-hybridized carbons (Fsp3) is 0.367. The van der Waals surface area contributed by atoms with E-state index < -0.39 is 0 Å². The third-order valence-corrected chi connectivity index (χ3v) is 5.60. The first-order valence-electron chi connectivity index (χ1n) is 13.2. The number of urea groups is 1. The van der Waals surface area contributed by atoms with Crippen molar-refractivity contribution >= 4 is 17.6 Å². The molecule has 0 aliphatic heterocycles. The summed E-state index contributed by atoms with van der Waals surface area (Å²) in [5.74, 6) is 1.83. The topological polar surface area (TPSA) is 125 Å². The Labute approximate surface area is 227 Å². The molecule has 0 bridgehead atoms. The highest BCUT2D eigenvalue weighted by atomic mass is 16.5. The Bertz CT molecular complexity index is 1080. The molecule has 0 atom stereocenters. The van der Waals surface area contributed by atoms with Crippen molar-refractivity contribution in [1.82, 2.24) is 16.0 Å². The number of allylic oxidation sites excluding steroid dienone is 1. The minimum Gasteiger partial charge on any atom is -0.457 e. The Balaban J connectivity index is 0.00000161. The Morgan fingerprint density at radius 2 is 1.71 bits per heavy atom. The highest BCUT2D eigenvalue weighted by Gasteiger charge is 2.18. The summed E-state index contributed by atoms with van der Waals surface area (Å²) >= 11 is 0. The highest BCUT2D eigenvalue weighted by molar-refractivity contribution is 6.28. The number of nitrogens with one attached hydrogen (secondary N) is 4. The molecule has 1 saturated carbocycles. The van der Waals surface area contributed by atoms with E-state index in [0.29, 0.717) is 41.5 Å². The normalized spacial score (nSPS) is 13.9. The van der Waals surface area contributed by atoms with Crippen LogP contribution in [0.25, 0.3) is 0 Å². The van der Waals surface area contributed by atoms with Crippen LogP contribution in [-0.2, 0) is 0 Å². The van der Waals surface area contributed by atoms with E-state index >= 15 is 0 Å². The lowest BCUT2D eigenvalue weighted by Crippen LogP contribution is -2.41. The van der Waals surface area contributed by atoms with Crippen molar-refractivity contribution < 1.29 is 9.53 Å². The van der Waals surface area contributed by atoms with Crippen molar-refractivity contribution in [2.45, 2.75) is 58.9 Å². The lowest BCUT2D eigenvalue weighted by molar-refractivity contribution is 0.237. The number of ether oxygens (including phenoxy) is 1. The summed E-state index contributed by atoms with van der Waals surface area (Å²) in [5.41, 5.74) is 7.96. The third kappa shape index (κ3) is 10.1.